The Hall–Kier alpha value is -3.02. The van der Waals surface area contributed by atoms with Crippen LogP contribution in [-0.4, -0.2) is 47.4 Å². The first kappa shape index (κ1) is 29.2. The molecule has 0 unspecified atom stereocenters. The summed E-state index contributed by atoms with van der Waals surface area (Å²) in [6.45, 7) is 13.6. The maximum absolute atomic E-state index is 12.9. The predicted octanol–water partition coefficient (Wildman–Crippen LogP) is 6.60. The van der Waals surface area contributed by atoms with E-state index in [0.717, 1.165) is 30.6 Å². The molecule has 1 amide bonds. The average molecular weight is 498 g/mol. The highest BCUT2D eigenvalue weighted by atomic mass is 16.6. The fraction of sp³-hybridized carbons (Fsp3) is 0.533. The molecule has 0 fully saturated rings. The molecule has 0 bridgehead atoms. The van der Waals surface area contributed by atoms with E-state index in [2.05, 4.69) is 24.3 Å². The van der Waals surface area contributed by atoms with Crippen molar-refractivity contribution < 1.29 is 23.8 Å². The molecule has 6 heteroatoms. The summed E-state index contributed by atoms with van der Waals surface area (Å²) < 4.78 is 16.9. The van der Waals surface area contributed by atoms with Gasteiger partial charge < -0.3 is 14.2 Å². The summed E-state index contributed by atoms with van der Waals surface area (Å²) in [5, 5.41) is 0. The van der Waals surface area contributed by atoms with Gasteiger partial charge in [-0.2, -0.15) is 0 Å². The van der Waals surface area contributed by atoms with Gasteiger partial charge in [-0.25, -0.2) is 9.59 Å². The zero-order chi connectivity index (χ0) is 26.8. The van der Waals surface area contributed by atoms with E-state index < -0.39 is 29.3 Å². The summed E-state index contributed by atoms with van der Waals surface area (Å²) in [4.78, 5) is 27.0. The van der Waals surface area contributed by atoms with E-state index >= 15 is 0 Å². The van der Waals surface area contributed by atoms with Crippen LogP contribution in [0.15, 0.2) is 54.6 Å². The molecule has 0 aliphatic carbocycles. The van der Waals surface area contributed by atoms with Gasteiger partial charge in [0.1, 0.15) is 23.0 Å². The smallest absolute Gasteiger partial charge is 0.411 e. The van der Waals surface area contributed by atoms with Crippen molar-refractivity contribution in [2.24, 2.45) is 0 Å². The molecule has 0 aliphatic heterocycles. The molecular formula is C30H43NO5. The second-order valence-electron chi connectivity index (χ2n) is 11.1. The third kappa shape index (κ3) is 11.1. The fourth-order valence-corrected chi connectivity index (χ4v) is 3.59. The van der Waals surface area contributed by atoms with E-state index in [1.54, 1.807) is 6.92 Å². The number of hydrogen-bond acceptors (Lipinski definition) is 5. The number of carbonyl (C=O) groups excluding carboxylic acids is 2. The molecular weight excluding hydrogens is 454 g/mol. The summed E-state index contributed by atoms with van der Waals surface area (Å²) in [7, 11) is 0. The van der Waals surface area contributed by atoms with Crippen molar-refractivity contribution in [3.8, 4) is 5.75 Å². The molecule has 0 radical (unpaired) electrons. The van der Waals surface area contributed by atoms with E-state index in [4.69, 9.17) is 14.2 Å². The van der Waals surface area contributed by atoms with Gasteiger partial charge in [-0.05, 0) is 97.4 Å². The second-order valence-corrected chi connectivity index (χ2v) is 11.1. The van der Waals surface area contributed by atoms with Crippen molar-refractivity contribution in [2.75, 3.05) is 13.2 Å². The van der Waals surface area contributed by atoms with Gasteiger partial charge in [-0.1, -0.05) is 42.5 Å². The normalized spacial score (nSPS) is 12.5. The van der Waals surface area contributed by atoms with Gasteiger partial charge in [0.15, 0.2) is 0 Å². The first-order chi connectivity index (χ1) is 16.8. The molecule has 2 aromatic carbocycles. The highest BCUT2D eigenvalue weighted by molar-refractivity contribution is 5.81. The molecule has 0 N–H and O–H groups in total. The minimum Gasteiger partial charge on any atom is -0.494 e. The number of hydrogen-bond donors (Lipinski definition) is 0. The van der Waals surface area contributed by atoms with Gasteiger partial charge in [0.05, 0.1) is 6.61 Å². The number of carbonyl (C=O) groups is 2. The maximum Gasteiger partial charge on any atom is 0.411 e. The van der Waals surface area contributed by atoms with Crippen LogP contribution in [0, 0.1) is 0 Å². The Labute approximate surface area is 216 Å². The fourth-order valence-electron chi connectivity index (χ4n) is 3.59. The van der Waals surface area contributed by atoms with Crippen LogP contribution in [-0.2, 0) is 27.1 Å². The lowest BCUT2D eigenvalue weighted by Crippen LogP contribution is -2.48. The Balaban J connectivity index is 1.87. The minimum atomic E-state index is -0.745. The first-order valence-electron chi connectivity index (χ1n) is 12.8. The summed E-state index contributed by atoms with van der Waals surface area (Å²) in [6.07, 6.45) is 2.88. The Morgan fingerprint density at radius 2 is 1.33 bits per heavy atom. The van der Waals surface area contributed by atoms with Crippen molar-refractivity contribution in [3.05, 3.63) is 65.7 Å². The van der Waals surface area contributed by atoms with Crippen LogP contribution >= 0.6 is 0 Å². The van der Waals surface area contributed by atoms with Gasteiger partial charge in [0.25, 0.3) is 0 Å². The number of amides is 1. The zero-order valence-corrected chi connectivity index (χ0v) is 23.0. The van der Waals surface area contributed by atoms with E-state index in [9.17, 15) is 9.59 Å². The number of nitrogens with zero attached hydrogens (tertiary/aromatic N) is 1. The van der Waals surface area contributed by atoms with E-state index in [1.165, 1.54) is 10.5 Å². The van der Waals surface area contributed by atoms with Crippen LogP contribution in [0.5, 0.6) is 5.75 Å². The largest absolute Gasteiger partial charge is 0.494 e. The number of ether oxygens (including phenoxy) is 3. The molecule has 1 atom stereocenters. The average Bonchev–Trinajstić information content (AvgIpc) is 2.78. The van der Waals surface area contributed by atoms with Gasteiger partial charge in [-0.3, -0.25) is 4.90 Å². The summed E-state index contributed by atoms with van der Waals surface area (Å²) in [5.41, 5.74) is 1.18. The Morgan fingerprint density at radius 1 is 0.778 bits per heavy atom. The molecule has 0 spiro atoms. The van der Waals surface area contributed by atoms with E-state index in [1.807, 2.05) is 71.9 Å². The molecule has 2 rings (SSSR count). The van der Waals surface area contributed by atoms with Crippen LogP contribution in [0.2, 0.25) is 0 Å². The molecule has 0 saturated heterocycles. The Bertz CT molecular complexity index is 942. The van der Waals surface area contributed by atoms with Crippen molar-refractivity contribution >= 4 is 12.1 Å². The number of aryl methyl sites for hydroxylation is 2. The Kier molecular flexibility index (Phi) is 10.8. The van der Waals surface area contributed by atoms with E-state index in [-0.39, 0.29) is 0 Å². The topological polar surface area (TPSA) is 65.1 Å². The second kappa shape index (κ2) is 13.3. The monoisotopic (exact) mass is 497 g/mol. The third-order valence-electron chi connectivity index (χ3n) is 5.35. The predicted molar refractivity (Wildman–Crippen MR) is 143 cm³/mol. The highest BCUT2D eigenvalue weighted by Gasteiger charge is 2.32. The lowest BCUT2D eigenvalue weighted by Gasteiger charge is -2.32. The first-order valence-corrected chi connectivity index (χ1v) is 12.8. The summed E-state index contributed by atoms with van der Waals surface area (Å²) >= 11 is 0. The molecule has 0 aliphatic rings. The van der Waals surface area contributed by atoms with Crippen molar-refractivity contribution in [3.63, 3.8) is 0 Å². The van der Waals surface area contributed by atoms with Gasteiger partial charge >= 0.3 is 12.1 Å². The molecule has 36 heavy (non-hydrogen) atoms. The summed E-state index contributed by atoms with van der Waals surface area (Å²) in [6, 6.07) is 17.7. The molecule has 0 saturated carbocycles. The third-order valence-corrected chi connectivity index (χ3v) is 5.35. The van der Waals surface area contributed by atoms with Crippen LogP contribution in [0.1, 0.15) is 72.4 Å². The quantitative estimate of drug-likeness (QED) is 0.259. The molecule has 198 valence electrons. The molecule has 2 aromatic rings. The minimum absolute atomic E-state index is 0.382. The van der Waals surface area contributed by atoms with Crippen LogP contribution in [0.3, 0.4) is 0 Å². The standard InChI is InChI=1S/C30H43NO5/c1-23(27(32)35-29(2,3)4)31(28(33)36-30(5,6)7)21-11-15-25-17-19-26(20-18-25)34-22-12-16-24-13-9-8-10-14-24/h8-10,13-14,17-20,23H,11-12,15-16,21-22H2,1-7H3/t23-/m1/s1. The number of rotatable bonds is 11. The number of benzene rings is 2. The zero-order valence-electron chi connectivity index (χ0n) is 23.0. The van der Waals surface area contributed by atoms with Crippen molar-refractivity contribution in [1.82, 2.24) is 4.90 Å². The molecule has 6 nitrogen and oxygen atoms in total. The van der Waals surface area contributed by atoms with E-state index in [0.29, 0.717) is 19.6 Å². The van der Waals surface area contributed by atoms with Crippen LogP contribution < -0.4 is 4.74 Å². The lowest BCUT2D eigenvalue weighted by molar-refractivity contribution is -0.160. The SMILES string of the molecule is C[C@H](C(=O)OC(C)(C)C)N(CCCc1ccc(OCCCc2ccccc2)cc1)C(=O)OC(C)(C)C. The van der Waals surface area contributed by atoms with Gasteiger partial charge in [0.2, 0.25) is 0 Å². The van der Waals surface area contributed by atoms with Crippen molar-refractivity contribution in [2.45, 2.75) is 91.4 Å². The van der Waals surface area contributed by atoms with Crippen LogP contribution in [0.25, 0.3) is 0 Å². The van der Waals surface area contributed by atoms with Gasteiger partial charge in [0, 0.05) is 6.54 Å². The lowest BCUT2D eigenvalue weighted by atomic mass is 10.1. The number of esters is 1. The molecule has 0 heterocycles. The Morgan fingerprint density at radius 3 is 1.92 bits per heavy atom. The van der Waals surface area contributed by atoms with Crippen molar-refractivity contribution in [1.29, 1.82) is 0 Å². The van der Waals surface area contributed by atoms with Crippen LogP contribution in [0.4, 0.5) is 4.79 Å². The van der Waals surface area contributed by atoms with Gasteiger partial charge in [-0.15, -0.1) is 0 Å². The molecule has 0 aromatic heterocycles. The summed E-state index contributed by atoms with van der Waals surface area (Å²) in [5.74, 6) is 0.405. The maximum atomic E-state index is 12.9. The highest BCUT2D eigenvalue weighted by Crippen LogP contribution is 2.18.